The summed E-state index contributed by atoms with van der Waals surface area (Å²) in [5.74, 6) is 0. The minimum Gasteiger partial charge on any atom is -0.395 e. The summed E-state index contributed by atoms with van der Waals surface area (Å²) in [4.78, 5) is 0. The van der Waals surface area contributed by atoms with Crippen molar-refractivity contribution in [2.75, 3.05) is 13.2 Å². The van der Waals surface area contributed by atoms with E-state index in [1.54, 1.807) is 0 Å². The molecule has 74 valence electrons. The van der Waals surface area contributed by atoms with Crippen molar-refractivity contribution < 1.29 is 25.5 Å². The molecule has 0 bridgehead atoms. The molecule has 0 aliphatic heterocycles. The summed E-state index contributed by atoms with van der Waals surface area (Å²) < 4.78 is 0. The Balaban J connectivity index is 3.99. The quantitative estimate of drug-likeness (QED) is 0.260. The molecule has 6 heteroatoms. The zero-order valence-electron chi connectivity index (χ0n) is 6.54. The predicted octanol–water partition coefficient (Wildman–Crippen LogP) is -3.62. The normalized spacial score (nSPS) is 21.5. The van der Waals surface area contributed by atoms with Crippen LogP contribution in [-0.4, -0.2) is 63.1 Å². The molecule has 0 aliphatic carbocycles. The van der Waals surface area contributed by atoms with Gasteiger partial charge in [-0.3, -0.25) is 0 Å². The maximum absolute atomic E-state index is 9.08. The SMILES string of the molecule is N[C@@H](CO)[C@H](O)[C@H](O)[C@H](O)CO. The van der Waals surface area contributed by atoms with Gasteiger partial charge in [0, 0.05) is 0 Å². The fraction of sp³-hybridized carbons (Fsp3) is 1.00. The van der Waals surface area contributed by atoms with Crippen LogP contribution >= 0.6 is 0 Å². The molecular weight excluding hydrogens is 166 g/mol. The van der Waals surface area contributed by atoms with Gasteiger partial charge in [-0.15, -0.1) is 0 Å². The van der Waals surface area contributed by atoms with Crippen molar-refractivity contribution in [3.05, 3.63) is 0 Å². The zero-order chi connectivity index (χ0) is 9.72. The van der Waals surface area contributed by atoms with Gasteiger partial charge in [0.15, 0.2) is 0 Å². The molecule has 0 unspecified atom stereocenters. The number of aliphatic hydroxyl groups is 5. The van der Waals surface area contributed by atoms with Crippen LogP contribution in [0.15, 0.2) is 0 Å². The molecule has 0 saturated heterocycles. The standard InChI is InChI=1S/C6H15NO5/c7-3(1-8)5(11)6(12)4(10)2-9/h3-6,8-12H,1-2,7H2/t3-,4+,5-,6+/m0/s1. The molecule has 0 amide bonds. The molecule has 0 rings (SSSR count). The van der Waals surface area contributed by atoms with E-state index in [0.29, 0.717) is 0 Å². The second-order valence-corrected chi connectivity index (χ2v) is 2.58. The van der Waals surface area contributed by atoms with Crippen LogP contribution in [-0.2, 0) is 0 Å². The van der Waals surface area contributed by atoms with E-state index in [9.17, 15) is 0 Å². The minimum absolute atomic E-state index is 0.504. The van der Waals surface area contributed by atoms with E-state index >= 15 is 0 Å². The minimum atomic E-state index is -1.54. The lowest BCUT2D eigenvalue weighted by Crippen LogP contribution is -2.50. The molecule has 0 spiro atoms. The summed E-state index contributed by atoms with van der Waals surface area (Å²) in [6, 6.07) is -1.03. The van der Waals surface area contributed by atoms with Crippen molar-refractivity contribution in [3.63, 3.8) is 0 Å². The van der Waals surface area contributed by atoms with Crippen LogP contribution in [0.3, 0.4) is 0 Å². The number of aliphatic hydroxyl groups excluding tert-OH is 5. The summed E-state index contributed by atoms with van der Waals surface area (Å²) >= 11 is 0. The lowest BCUT2D eigenvalue weighted by atomic mass is 10.0. The predicted molar refractivity (Wildman–Crippen MR) is 40.2 cm³/mol. The van der Waals surface area contributed by atoms with Gasteiger partial charge in [0.25, 0.3) is 0 Å². The zero-order valence-corrected chi connectivity index (χ0v) is 6.54. The molecule has 0 saturated carbocycles. The third-order valence-corrected chi connectivity index (χ3v) is 1.58. The molecule has 12 heavy (non-hydrogen) atoms. The lowest BCUT2D eigenvalue weighted by molar-refractivity contribution is -0.0873. The molecule has 0 heterocycles. The molecule has 0 aliphatic rings. The highest BCUT2D eigenvalue weighted by molar-refractivity contribution is 4.82. The topological polar surface area (TPSA) is 127 Å². The van der Waals surface area contributed by atoms with Crippen molar-refractivity contribution >= 4 is 0 Å². The Labute approximate surface area is 69.9 Å². The fourth-order valence-electron chi connectivity index (χ4n) is 0.697. The summed E-state index contributed by atoms with van der Waals surface area (Å²) in [5, 5.41) is 43.8. The molecule has 6 nitrogen and oxygen atoms in total. The first-order valence-electron chi connectivity index (χ1n) is 3.56. The third kappa shape index (κ3) is 3.02. The van der Waals surface area contributed by atoms with Crippen LogP contribution in [0.1, 0.15) is 0 Å². The third-order valence-electron chi connectivity index (χ3n) is 1.58. The van der Waals surface area contributed by atoms with Crippen molar-refractivity contribution in [2.24, 2.45) is 5.73 Å². The molecule has 0 aromatic rings. The Kier molecular flexibility index (Phi) is 5.31. The number of rotatable bonds is 5. The average Bonchev–Trinajstić information content (AvgIpc) is 2.12. The van der Waals surface area contributed by atoms with E-state index in [2.05, 4.69) is 0 Å². The molecule has 0 fully saturated rings. The Morgan fingerprint density at radius 3 is 1.75 bits per heavy atom. The summed E-state index contributed by atoms with van der Waals surface area (Å²) in [5.41, 5.74) is 5.16. The van der Waals surface area contributed by atoms with E-state index in [-0.39, 0.29) is 0 Å². The maximum Gasteiger partial charge on any atom is 0.110 e. The highest BCUT2D eigenvalue weighted by Gasteiger charge is 2.28. The van der Waals surface area contributed by atoms with E-state index < -0.39 is 37.6 Å². The maximum atomic E-state index is 9.08. The van der Waals surface area contributed by atoms with Gasteiger partial charge in [-0.2, -0.15) is 0 Å². The van der Waals surface area contributed by atoms with E-state index in [1.165, 1.54) is 0 Å². The smallest absolute Gasteiger partial charge is 0.110 e. The molecule has 0 aromatic carbocycles. The monoisotopic (exact) mass is 181 g/mol. The van der Waals surface area contributed by atoms with Crippen molar-refractivity contribution in [1.82, 2.24) is 0 Å². The summed E-state index contributed by atoms with van der Waals surface area (Å²) in [7, 11) is 0. The largest absolute Gasteiger partial charge is 0.395 e. The number of nitrogens with two attached hydrogens (primary N) is 1. The first-order valence-corrected chi connectivity index (χ1v) is 3.56. The number of hydrogen-bond donors (Lipinski definition) is 6. The first-order chi connectivity index (χ1) is 5.54. The van der Waals surface area contributed by atoms with E-state index in [0.717, 1.165) is 0 Å². The Hall–Kier alpha value is -0.240. The van der Waals surface area contributed by atoms with Gasteiger partial charge in [-0.25, -0.2) is 0 Å². The summed E-state index contributed by atoms with van der Waals surface area (Å²) in [6.45, 7) is -1.17. The second kappa shape index (κ2) is 5.41. The van der Waals surface area contributed by atoms with E-state index in [4.69, 9.17) is 31.3 Å². The Morgan fingerprint density at radius 2 is 1.42 bits per heavy atom. The highest BCUT2D eigenvalue weighted by atomic mass is 16.4. The fourth-order valence-corrected chi connectivity index (χ4v) is 0.697. The Bertz CT molecular complexity index is 109. The first kappa shape index (κ1) is 11.8. The molecule has 7 N–H and O–H groups in total. The van der Waals surface area contributed by atoms with Crippen LogP contribution in [0.5, 0.6) is 0 Å². The van der Waals surface area contributed by atoms with Gasteiger partial charge in [0.05, 0.1) is 25.4 Å². The molecular formula is C6H15NO5. The lowest BCUT2D eigenvalue weighted by Gasteiger charge is -2.24. The van der Waals surface area contributed by atoms with Crippen molar-refractivity contribution in [2.45, 2.75) is 24.4 Å². The summed E-state index contributed by atoms with van der Waals surface area (Å²) in [6.07, 6.45) is -4.44. The molecule has 4 atom stereocenters. The Morgan fingerprint density at radius 1 is 0.917 bits per heavy atom. The van der Waals surface area contributed by atoms with Crippen LogP contribution in [0.4, 0.5) is 0 Å². The highest BCUT2D eigenvalue weighted by Crippen LogP contribution is 2.02. The second-order valence-electron chi connectivity index (χ2n) is 2.58. The van der Waals surface area contributed by atoms with Gasteiger partial charge >= 0.3 is 0 Å². The number of hydrogen-bond acceptors (Lipinski definition) is 6. The van der Waals surface area contributed by atoms with Crippen LogP contribution < -0.4 is 5.73 Å². The van der Waals surface area contributed by atoms with Gasteiger partial charge in [-0.05, 0) is 0 Å². The van der Waals surface area contributed by atoms with Crippen molar-refractivity contribution in [1.29, 1.82) is 0 Å². The van der Waals surface area contributed by atoms with E-state index in [1.807, 2.05) is 0 Å². The molecule has 0 radical (unpaired) electrons. The van der Waals surface area contributed by atoms with Gasteiger partial charge in [0.2, 0.25) is 0 Å². The van der Waals surface area contributed by atoms with Gasteiger partial charge in [-0.1, -0.05) is 0 Å². The van der Waals surface area contributed by atoms with Crippen LogP contribution in [0.2, 0.25) is 0 Å². The van der Waals surface area contributed by atoms with Crippen molar-refractivity contribution in [3.8, 4) is 0 Å². The molecule has 0 aromatic heterocycles. The average molecular weight is 181 g/mol. The van der Waals surface area contributed by atoms with Crippen LogP contribution in [0, 0.1) is 0 Å². The van der Waals surface area contributed by atoms with Crippen LogP contribution in [0.25, 0.3) is 0 Å². The van der Waals surface area contributed by atoms with Gasteiger partial charge in [0.1, 0.15) is 12.2 Å². The van der Waals surface area contributed by atoms with Gasteiger partial charge < -0.3 is 31.3 Å².